The van der Waals surface area contributed by atoms with Gasteiger partial charge in [0.25, 0.3) is 12.0 Å². The summed E-state index contributed by atoms with van der Waals surface area (Å²) in [4.78, 5) is 12.0. The van der Waals surface area contributed by atoms with Gasteiger partial charge in [0, 0.05) is 63.1 Å². The van der Waals surface area contributed by atoms with E-state index in [9.17, 15) is 13.6 Å². The fourth-order valence-electron chi connectivity index (χ4n) is 5.75. The second kappa shape index (κ2) is 13.5. The molecule has 0 bridgehead atoms. The largest absolute Gasteiger partial charge is 0.662 e. The normalized spacial score (nSPS) is 25.5. The maximum atomic E-state index is 12.6. The molecular formula is C27H36F2N4OY-2. The van der Waals surface area contributed by atoms with E-state index in [-0.39, 0.29) is 49.2 Å². The molecule has 2 saturated heterocycles. The first-order valence-electron chi connectivity index (χ1n) is 12.6. The monoisotopic (exact) mass is 559 g/mol. The number of halogens is 2. The van der Waals surface area contributed by atoms with Gasteiger partial charge in [0.2, 0.25) is 0 Å². The molecule has 8 heteroatoms. The molecule has 1 spiro atoms. The van der Waals surface area contributed by atoms with Crippen molar-refractivity contribution in [3.8, 4) is 0 Å². The van der Waals surface area contributed by atoms with Crippen LogP contribution in [-0.2, 0) is 39.3 Å². The van der Waals surface area contributed by atoms with E-state index in [1.165, 1.54) is 43.5 Å². The first-order chi connectivity index (χ1) is 16.5. The molecule has 3 heterocycles. The number of piperidine rings is 2. The van der Waals surface area contributed by atoms with Gasteiger partial charge in [0.05, 0.1) is 0 Å². The fourth-order valence-corrected chi connectivity index (χ4v) is 5.75. The van der Waals surface area contributed by atoms with Gasteiger partial charge in [-0.1, -0.05) is 68.0 Å². The van der Waals surface area contributed by atoms with Crippen molar-refractivity contribution >= 4 is 0 Å². The Labute approximate surface area is 232 Å². The van der Waals surface area contributed by atoms with E-state index in [4.69, 9.17) is 5.73 Å². The number of nitrogens with two attached hydrogens (primary N) is 1. The molecule has 1 aromatic heterocycles. The maximum absolute atomic E-state index is 12.6. The van der Waals surface area contributed by atoms with Crippen LogP contribution in [0.2, 0.25) is 0 Å². The molecule has 3 unspecified atom stereocenters. The van der Waals surface area contributed by atoms with Crippen molar-refractivity contribution in [2.45, 2.75) is 70.0 Å². The van der Waals surface area contributed by atoms with Crippen LogP contribution < -0.4 is 11.3 Å². The zero-order valence-corrected chi connectivity index (χ0v) is 23.2. The van der Waals surface area contributed by atoms with Crippen LogP contribution >= 0.6 is 0 Å². The molecule has 1 aliphatic carbocycles. The fraction of sp³-hybridized carbons (Fsp3) is 0.593. The second-order valence-electron chi connectivity index (χ2n) is 10.0. The molecule has 3 fully saturated rings. The van der Waals surface area contributed by atoms with Gasteiger partial charge in [-0.2, -0.15) is 0 Å². The van der Waals surface area contributed by atoms with Gasteiger partial charge >= 0.3 is 0 Å². The van der Waals surface area contributed by atoms with E-state index in [2.05, 4.69) is 34.9 Å². The van der Waals surface area contributed by atoms with Crippen LogP contribution in [0.1, 0.15) is 68.5 Å². The number of aromatic nitrogens is 1. The summed E-state index contributed by atoms with van der Waals surface area (Å²) in [6.07, 6.45) is 6.85. The summed E-state index contributed by atoms with van der Waals surface area (Å²) in [5.74, 6) is 0.438. The summed E-state index contributed by atoms with van der Waals surface area (Å²) in [6, 6.07) is 13.5. The molecule has 5 rings (SSSR count). The molecule has 1 radical (unpaired) electrons. The minimum absolute atomic E-state index is 0. The molecule has 1 saturated carbocycles. The van der Waals surface area contributed by atoms with Crippen LogP contribution in [0.4, 0.5) is 8.78 Å². The van der Waals surface area contributed by atoms with Crippen LogP contribution in [0.25, 0.3) is 10.6 Å². The number of hydrogen-bond donors (Lipinski definition) is 1. The predicted octanol–water partition coefficient (Wildman–Crippen LogP) is 5.96. The molecule has 3 aliphatic rings. The van der Waals surface area contributed by atoms with E-state index < -0.39 is 6.43 Å². The topological polar surface area (TPSA) is 76.2 Å². The molecule has 2 aromatic rings. The van der Waals surface area contributed by atoms with E-state index in [0.717, 1.165) is 45.0 Å². The van der Waals surface area contributed by atoms with E-state index in [0.29, 0.717) is 24.5 Å². The Balaban J connectivity index is 0.000000211. The number of nitrogens with zero attached hydrogens (tertiary/aromatic N) is 3. The van der Waals surface area contributed by atoms with E-state index >= 15 is 0 Å². The zero-order valence-electron chi connectivity index (χ0n) is 20.4. The number of hydrogen-bond acceptors (Lipinski definition) is 2. The third kappa shape index (κ3) is 7.51. The molecule has 0 amide bonds. The summed E-state index contributed by atoms with van der Waals surface area (Å²) >= 11 is 0. The van der Waals surface area contributed by atoms with E-state index in [1.54, 1.807) is 4.57 Å². The third-order valence-electron chi connectivity index (χ3n) is 7.78. The molecule has 35 heavy (non-hydrogen) atoms. The van der Waals surface area contributed by atoms with Crippen molar-refractivity contribution in [3.63, 3.8) is 0 Å². The van der Waals surface area contributed by atoms with Crippen LogP contribution in [0, 0.1) is 11.3 Å². The van der Waals surface area contributed by atoms with Gasteiger partial charge in [-0.15, -0.1) is 25.7 Å². The maximum Gasteiger partial charge on any atom is 0.264 e. The summed E-state index contributed by atoms with van der Waals surface area (Å²) in [6.45, 7) is 3.32. The minimum atomic E-state index is -2.58. The summed E-state index contributed by atoms with van der Waals surface area (Å²) < 4.78 is 26.8. The van der Waals surface area contributed by atoms with Crippen molar-refractivity contribution < 1.29 is 41.5 Å². The Morgan fingerprint density at radius 1 is 1.09 bits per heavy atom. The summed E-state index contributed by atoms with van der Waals surface area (Å²) in [7, 11) is 0. The van der Waals surface area contributed by atoms with Gasteiger partial charge in [0.15, 0.2) is 0 Å². The van der Waals surface area contributed by atoms with Crippen LogP contribution in [0.3, 0.4) is 0 Å². The van der Waals surface area contributed by atoms with Crippen LogP contribution in [-0.4, -0.2) is 30.2 Å². The third-order valence-corrected chi connectivity index (χ3v) is 7.78. The smallest absolute Gasteiger partial charge is 0.264 e. The standard InChI is InChI=1S/C16H21F2N2O.C11H15N2.Y/c17-15(18)12-4-8-20(14(21)9-12)10-13-3-7-19-11-16(13)5-1-2-6-16;12-10-6-7-13-11(8-10)9-4-2-1-3-5-9;/h4,8-9,13,15H,1-3,5-7,10-11H2;1-5,10-11H,6-8,12H2;/q2*-1;. The molecular weight excluding hydrogens is 523 g/mol. The molecule has 2 aliphatic heterocycles. The quantitative estimate of drug-likeness (QED) is 0.502. The predicted molar refractivity (Wildman–Crippen MR) is 132 cm³/mol. The van der Waals surface area contributed by atoms with Crippen LogP contribution in [0.5, 0.6) is 0 Å². The minimum Gasteiger partial charge on any atom is -0.662 e. The van der Waals surface area contributed by atoms with Crippen molar-refractivity contribution in [2.75, 3.05) is 19.6 Å². The average molecular weight is 560 g/mol. The van der Waals surface area contributed by atoms with Gasteiger partial charge < -0.3 is 20.9 Å². The molecule has 2 N–H and O–H groups in total. The summed E-state index contributed by atoms with van der Waals surface area (Å²) in [5.41, 5.74) is 6.95. The number of rotatable bonds is 4. The Morgan fingerprint density at radius 3 is 2.49 bits per heavy atom. The molecule has 3 atom stereocenters. The molecule has 1 aromatic carbocycles. The van der Waals surface area contributed by atoms with Gasteiger partial charge in [0.1, 0.15) is 0 Å². The zero-order chi connectivity index (χ0) is 24.0. The van der Waals surface area contributed by atoms with Gasteiger partial charge in [-0.05, 0) is 30.2 Å². The SMILES string of the molecule is NC1CC[N-]C(c2ccccc2)C1.O=c1cc(C(F)F)ccn1CC1CC[N-]CC12CCCC2.[Y]. The Bertz CT molecular complexity index is 965. The first kappa shape index (κ1) is 28.6. The van der Waals surface area contributed by atoms with Crippen molar-refractivity contribution in [1.82, 2.24) is 4.57 Å². The molecule has 189 valence electrons. The molecule has 5 nitrogen and oxygen atoms in total. The Kier molecular flexibility index (Phi) is 11.0. The number of benzene rings is 1. The van der Waals surface area contributed by atoms with E-state index in [1.807, 2.05) is 6.07 Å². The Hall–Kier alpha value is -0.986. The summed E-state index contributed by atoms with van der Waals surface area (Å²) in [5, 5.41) is 9.15. The second-order valence-corrected chi connectivity index (χ2v) is 10.0. The van der Waals surface area contributed by atoms with Crippen molar-refractivity contribution in [3.05, 3.63) is 80.8 Å². The van der Waals surface area contributed by atoms with Gasteiger partial charge in [-0.3, -0.25) is 4.79 Å². The van der Waals surface area contributed by atoms with Gasteiger partial charge in [-0.25, -0.2) is 8.78 Å². The first-order valence-corrected chi connectivity index (χ1v) is 12.6. The van der Waals surface area contributed by atoms with Crippen molar-refractivity contribution in [1.29, 1.82) is 0 Å². The van der Waals surface area contributed by atoms with Crippen molar-refractivity contribution in [2.24, 2.45) is 17.1 Å². The number of alkyl halides is 2. The van der Waals surface area contributed by atoms with Crippen LogP contribution in [0.15, 0.2) is 53.5 Å². The number of pyridine rings is 1. The Morgan fingerprint density at radius 2 is 1.83 bits per heavy atom. The average Bonchev–Trinajstić information content (AvgIpc) is 3.31.